The van der Waals surface area contributed by atoms with Crippen molar-refractivity contribution in [2.75, 3.05) is 39.8 Å². The quantitative estimate of drug-likeness (QED) is 0.412. The van der Waals surface area contributed by atoms with Crippen LogP contribution in [0, 0.1) is 0 Å². The van der Waals surface area contributed by atoms with E-state index in [1.54, 1.807) is 0 Å². The van der Waals surface area contributed by atoms with Gasteiger partial charge >= 0.3 is 0 Å². The number of fused-ring (bicyclic) bond motifs is 1. The summed E-state index contributed by atoms with van der Waals surface area (Å²) in [6, 6.07) is 8.50. The molecule has 1 fully saturated rings. The monoisotopic (exact) mass is 341 g/mol. The van der Waals surface area contributed by atoms with Gasteiger partial charge in [-0.15, -0.1) is 0 Å². The zero-order valence-corrected chi connectivity index (χ0v) is 15.4. The third kappa shape index (κ3) is 5.23. The van der Waals surface area contributed by atoms with E-state index in [0.29, 0.717) is 0 Å². The molecule has 1 aliphatic rings. The molecule has 0 spiro atoms. The van der Waals surface area contributed by atoms with Crippen LogP contribution in [0.15, 0.2) is 35.5 Å². The topological polar surface area (TPSA) is 55.5 Å². The Kier molecular flexibility index (Phi) is 6.74. The Hall–Kier alpha value is -2.01. The number of rotatable bonds is 7. The third-order valence-corrected chi connectivity index (χ3v) is 4.98. The minimum Gasteiger partial charge on any atom is -0.361 e. The average Bonchev–Trinajstić information content (AvgIpc) is 3.08. The SMILES string of the molecule is CN=C(NCCCc1c[nH]c2ccccc12)NCCN1CCCCC1. The van der Waals surface area contributed by atoms with Crippen LogP contribution in [-0.4, -0.2) is 55.6 Å². The average molecular weight is 342 g/mol. The Morgan fingerprint density at radius 3 is 2.76 bits per heavy atom. The van der Waals surface area contributed by atoms with Crippen molar-refractivity contribution in [3.05, 3.63) is 36.0 Å². The first kappa shape index (κ1) is 17.8. The molecule has 3 N–H and O–H groups in total. The zero-order chi connectivity index (χ0) is 17.3. The maximum atomic E-state index is 4.32. The van der Waals surface area contributed by atoms with Crippen LogP contribution >= 0.6 is 0 Å². The molecule has 2 heterocycles. The van der Waals surface area contributed by atoms with E-state index in [4.69, 9.17) is 0 Å². The molecule has 1 aromatic carbocycles. The van der Waals surface area contributed by atoms with Crippen LogP contribution in [0.5, 0.6) is 0 Å². The van der Waals surface area contributed by atoms with Crippen molar-refractivity contribution < 1.29 is 0 Å². The number of hydrogen-bond acceptors (Lipinski definition) is 2. The number of nitrogens with zero attached hydrogens (tertiary/aromatic N) is 2. The maximum absolute atomic E-state index is 4.32. The molecule has 3 rings (SSSR count). The molecule has 2 aromatic rings. The molecule has 0 saturated carbocycles. The molecular formula is C20H31N5. The molecule has 0 bridgehead atoms. The summed E-state index contributed by atoms with van der Waals surface area (Å²) in [6.07, 6.45) is 8.39. The van der Waals surface area contributed by atoms with E-state index in [2.05, 4.69) is 56.0 Å². The molecule has 136 valence electrons. The molecule has 0 radical (unpaired) electrons. The van der Waals surface area contributed by atoms with Crippen molar-refractivity contribution in [1.29, 1.82) is 0 Å². The summed E-state index contributed by atoms with van der Waals surface area (Å²) in [7, 11) is 1.84. The minimum atomic E-state index is 0.913. The first-order chi connectivity index (χ1) is 12.4. The normalized spacial score (nSPS) is 16.3. The number of guanidine groups is 1. The highest BCUT2D eigenvalue weighted by molar-refractivity contribution is 5.83. The van der Waals surface area contributed by atoms with Gasteiger partial charge in [0.1, 0.15) is 0 Å². The van der Waals surface area contributed by atoms with Gasteiger partial charge in [-0.05, 0) is 50.4 Å². The number of aryl methyl sites for hydroxylation is 1. The van der Waals surface area contributed by atoms with Crippen LogP contribution < -0.4 is 10.6 Å². The Bertz CT molecular complexity index is 670. The van der Waals surface area contributed by atoms with Crippen molar-refractivity contribution in [1.82, 2.24) is 20.5 Å². The number of para-hydroxylation sites is 1. The molecule has 1 aromatic heterocycles. The highest BCUT2D eigenvalue weighted by Gasteiger charge is 2.09. The summed E-state index contributed by atoms with van der Waals surface area (Å²) in [5.74, 6) is 0.913. The van der Waals surface area contributed by atoms with Crippen molar-refractivity contribution in [3.8, 4) is 0 Å². The zero-order valence-electron chi connectivity index (χ0n) is 15.4. The van der Waals surface area contributed by atoms with Crippen LogP contribution in [0.25, 0.3) is 10.9 Å². The summed E-state index contributed by atoms with van der Waals surface area (Å²) in [5.41, 5.74) is 2.62. The van der Waals surface area contributed by atoms with Gasteiger partial charge in [0, 0.05) is 43.8 Å². The fourth-order valence-corrected chi connectivity index (χ4v) is 3.56. The fourth-order valence-electron chi connectivity index (χ4n) is 3.56. The van der Waals surface area contributed by atoms with Crippen LogP contribution in [0.4, 0.5) is 0 Å². The number of piperidine rings is 1. The van der Waals surface area contributed by atoms with Crippen LogP contribution in [0.2, 0.25) is 0 Å². The summed E-state index contributed by atoms with van der Waals surface area (Å²) in [4.78, 5) is 10.2. The molecule has 0 unspecified atom stereocenters. The van der Waals surface area contributed by atoms with Gasteiger partial charge in [0.05, 0.1) is 0 Å². The second-order valence-electron chi connectivity index (χ2n) is 6.79. The van der Waals surface area contributed by atoms with E-state index in [-0.39, 0.29) is 0 Å². The van der Waals surface area contributed by atoms with Gasteiger partial charge in [-0.25, -0.2) is 0 Å². The van der Waals surface area contributed by atoms with E-state index in [1.165, 1.54) is 48.8 Å². The van der Waals surface area contributed by atoms with Gasteiger partial charge in [0.25, 0.3) is 0 Å². The number of nitrogens with one attached hydrogen (secondary N) is 3. The molecule has 1 saturated heterocycles. The second-order valence-corrected chi connectivity index (χ2v) is 6.79. The molecule has 0 aliphatic carbocycles. The summed E-state index contributed by atoms with van der Waals surface area (Å²) >= 11 is 0. The smallest absolute Gasteiger partial charge is 0.191 e. The highest BCUT2D eigenvalue weighted by Crippen LogP contribution is 2.18. The molecular weight excluding hydrogens is 310 g/mol. The van der Waals surface area contributed by atoms with Gasteiger partial charge in [0.2, 0.25) is 0 Å². The molecule has 0 atom stereocenters. The molecule has 1 aliphatic heterocycles. The van der Waals surface area contributed by atoms with Gasteiger partial charge in [0.15, 0.2) is 5.96 Å². The Morgan fingerprint density at radius 1 is 1.12 bits per heavy atom. The number of aliphatic imine (C=N–C) groups is 1. The standard InChI is InChI=1S/C20H31N5/c1-21-20(23-12-15-25-13-5-2-6-14-25)22-11-7-8-17-16-24-19-10-4-3-9-18(17)19/h3-4,9-10,16,24H,2,5-8,11-15H2,1H3,(H2,21,22,23). The van der Waals surface area contributed by atoms with E-state index in [0.717, 1.165) is 38.4 Å². The van der Waals surface area contributed by atoms with Crippen molar-refractivity contribution in [2.24, 2.45) is 4.99 Å². The van der Waals surface area contributed by atoms with Gasteiger partial charge in [-0.1, -0.05) is 24.6 Å². The number of hydrogen-bond donors (Lipinski definition) is 3. The number of benzene rings is 1. The summed E-state index contributed by atoms with van der Waals surface area (Å²) < 4.78 is 0. The van der Waals surface area contributed by atoms with E-state index in [9.17, 15) is 0 Å². The lowest BCUT2D eigenvalue weighted by Gasteiger charge is -2.26. The molecule has 0 amide bonds. The lowest BCUT2D eigenvalue weighted by atomic mass is 10.1. The molecule has 25 heavy (non-hydrogen) atoms. The van der Waals surface area contributed by atoms with Gasteiger partial charge in [-0.2, -0.15) is 0 Å². The number of H-pyrrole nitrogens is 1. The number of likely N-dealkylation sites (tertiary alicyclic amines) is 1. The number of aromatic nitrogens is 1. The van der Waals surface area contributed by atoms with E-state index >= 15 is 0 Å². The molecule has 5 nitrogen and oxygen atoms in total. The minimum absolute atomic E-state index is 0.913. The Balaban J connectivity index is 1.34. The van der Waals surface area contributed by atoms with Crippen LogP contribution in [0.3, 0.4) is 0 Å². The molecule has 5 heteroatoms. The highest BCUT2D eigenvalue weighted by atomic mass is 15.2. The van der Waals surface area contributed by atoms with E-state index < -0.39 is 0 Å². The summed E-state index contributed by atoms with van der Waals surface area (Å²) in [5, 5.41) is 8.20. The first-order valence-electron chi connectivity index (χ1n) is 9.58. The van der Waals surface area contributed by atoms with Crippen LogP contribution in [0.1, 0.15) is 31.2 Å². The number of aromatic amines is 1. The third-order valence-electron chi connectivity index (χ3n) is 4.98. The first-order valence-corrected chi connectivity index (χ1v) is 9.58. The summed E-state index contributed by atoms with van der Waals surface area (Å²) in [6.45, 7) is 5.50. The van der Waals surface area contributed by atoms with Gasteiger partial charge < -0.3 is 20.5 Å². The predicted molar refractivity (Wildman–Crippen MR) is 106 cm³/mol. The lowest BCUT2D eigenvalue weighted by Crippen LogP contribution is -2.42. The van der Waals surface area contributed by atoms with Gasteiger partial charge in [-0.3, -0.25) is 4.99 Å². The fraction of sp³-hybridized carbons (Fsp3) is 0.550. The van der Waals surface area contributed by atoms with Crippen LogP contribution in [-0.2, 0) is 6.42 Å². The van der Waals surface area contributed by atoms with Crippen molar-refractivity contribution in [2.45, 2.75) is 32.1 Å². The van der Waals surface area contributed by atoms with Crippen molar-refractivity contribution in [3.63, 3.8) is 0 Å². The second kappa shape index (κ2) is 9.47. The predicted octanol–water partition coefficient (Wildman–Crippen LogP) is 2.75. The lowest BCUT2D eigenvalue weighted by molar-refractivity contribution is 0.232. The Morgan fingerprint density at radius 2 is 1.92 bits per heavy atom. The Labute approximate surface area is 150 Å². The van der Waals surface area contributed by atoms with E-state index in [1.807, 2.05) is 7.05 Å². The maximum Gasteiger partial charge on any atom is 0.191 e. The van der Waals surface area contributed by atoms with Crippen molar-refractivity contribution >= 4 is 16.9 Å². The largest absolute Gasteiger partial charge is 0.361 e.